The first-order valence-corrected chi connectivity index (χ1v) is 3.77. The SMILES string of the molecule is C[C@H](N)C1CCNCC1. The van der Waals surface area contributed by atoms with Gasteiger partial charge in [0.05, 0.1) is 0 Å². The maximum atomic E-state index is 5.74. The second-order valence-electron chi connectivity index (χ2n) is 2.95. The van der Waals surface area contributed by atoms with E-state index in [1.165, 1.54) is 12.8 Å². The molecule has 1 aliphatic heterocycles. The lowest BCUT2D eigenvalue weighted by molar-refractivity contribution is 0.330. The minimum absolute atomic E-state index is 0.395. The highest BCUT2D eigenvalue weighted by Gasteiger charge is 2.15. The molecule has 2 nitrogen and oxygen atoms in total. The smallest absolute Gasteiger partial charge is 0.00397 e. The van der Waals surface area contributed by atoms with Crippen LogP contribution in [0.4, 0.5) is 0 Å². The molecule has 9 heavy (non-hydrogen) atoms. The summed E-state index contributed by atoms with van der Waals surface area (Å²) in [5.41, 5.74) is 5.74. The summed E-state index contributed by atoms with van der Waals surface area (Å²) in [5, 5.41) is 3.31. The van der Waals surface area contributed by atoms with Gasteiger partial charge in [-0.25, -0.2) is 0 Å². The Morgan fingerprint density at radius 3 is 2.33 bits per heavy atom. The normalized spacial score (nSPS) is 26.0. The fourth-order valence-electron chi connectivity index (χ4n) is 1.37. The molecule has 0 radical (unpaired) electrons. The molecule has 1 saturated heterocycles. The van der Waals surface area contributed by atoms with Gasteiger partial charge in [0, 0.05) is 6.04 Å². The number of nitrogens with two attached hydrogens (primary N) is 1. The zero-order valence-electron chi connectivity index (χ0n) is 6.06. The van der Waals surface area contributed by atoms with Crippen molar-refractivity contribution in [3.8, 4) is 0 Å². The van der Waals surface area contributed by atoms with Crippen LogP contribution in [-0.2, 0) is 0 Å². The van der Waals surface area contributed by atoms with Crippen molar-refractivity contribution in [1.82, 2.24) is 5.32 Å². The maximum absolute atomic E-state index is 5.74. The van der Waals surface area contributed by atoms with Gasteiger partial charge in [0.25, 0.3) is 0 Å². The maximum Gasteiger partial charge on any atom is 0.00397 e. The molecule has 3 N–H and O–H groups in total. The minimum Gasteiger partial charge on any atom is -0.328 e. The van der Waals surface area contributed by atoms with Gasteiger partial charge in [0.2, 0.25) is 0 Å². The van der Waals surface area contributed by atoms with Crippen molar-refractivity contribution in [3.63, 3.8) is 0 Å². The van der Waals surface area contributed by atoms with E-state index in [1.54, 1.807) is 0 Å². The zero-order valence-corrected chi connectivity index (χ0v) is 6.06. The molecule has 0 aromatic heterocycles. The van der Waals surface area contributed by atoms with E-state index >= 15 is 0 Å². The van der Waals surface area contributed by atoms with E-state index in [4.69, 9.17) is 5.73 Å². The third-order valence-corrected chi connectivity index (χ3v) is 2.13. The van der Waals surface area contributed by atoms with Crippen LogP contribution in [0.15, 0.2) is 0 Å². The predicted octanol–water partition coefficient (Wildman–Crippen LogP) is 0.333. The molecule has 0 aromatic carbocycles. The summed E-state index contributed by atoms with van der Waals surface area (Å²) in [4.78, 5) is 0. The largest absolute Gasteiger partial charge is 0.328 e. The van der Waals surface area contributed by atoms with Gasteiger partial charge in [-0.3, -0.25) is 0 Å². The fourth-order valence-corrected chi connectivity index (χ4v) is 1.37. The zero-order chi connectivity index (χ0) is 6.69. The van der Waals surface area contributed by atoms with Crippen molar-refractivity contribution in [2.45, 2.75) is 25.8 Å². The molecule has 0 amide bonds. The third kappa shape index (κ3) is 1.95. The summed E-state index contributed by atoms with van der Waals surface area (Å²) >= 11 is 0. The second kappa shape index (κ2) is 3.18. The Labute approximate surface area is 56.8 Å². The molecule has 0 aliphatic carbocycles. The summed E-state index contributed by atoms with van der Waals surface area (Å²) in [5.74, 6) is 0.770. The molecule has 1 fully saturated rings. The molecular weight excluding hydrogens is 112 g/mol. The van der Waals surface area contributed by atoms with E-state index in [9.17, 15) is 0 Å². The Kier molecular flexibility index (Phi) is 2.49. The molecule has 1 heterocycles. The molecule has 0 unspecified atom stereocenters. The number of nitrogens with one attached hydrogen (secondary N) is 1. The molecule has 2 heteroatoms. The van der Waals surface area contributed by atoms with Gasteiger partial charge >= 0.3 is 0 Å². The van der Waals surface area contributed by atoms with E-state index in [1.807, 2.05) is 0 Å². The Hall–Kier alpha value is -0.0800. The van der Waals surface area contributed by atoms with E-state index in [0.29, 0.717) is 6.04 Å². The first-order chi connectivity index (χ1) is 4.30. The second-order valence-corrected chi connectivity index (χ2v) is 2.95. The average molecular weight is 128 g/mol. The van der Waals surface area contributed by atoms with Crippen LogP contribution in [0.3, 0.4) is 0 Å². The lowest BCUT2D eigenvalue weighted by atomic mass is 9.92. The lowest BCUT2D eigenvalue weighted by Gasteiger charge is -2.25. The predicted molar refractivity (Wildman–Crippen MR) is 39.2 cm³/mol. The van der Waals surface area contributed by atoms with Crippen LogP contribution < -0.4 is 11.1 Å². The van der Waals surface area contributed by atoms with Crippen LogP contribution in [0, 0.1) is 5.92 Å². The first-order valence-electron chi connectivity index (χ1n) is 3.77. The van der Waals surface area contributed by atoms with Crippen molar-refractivity contribution >= 4 is 0 Å². The van der Waals surface area contributed by atoms with Crippen LogP contribution in [0.2, 0.25) is 0 Å². The number of piperidine rings is 1. The summed E-state index contributed by atoms with van der Waals surface area (Å²) in [6, 6.07) is 0.395. The Balaban J connectivity index is 2.23. The van der Waals surface area contributed by atoms with Crippen LogP contribution >= 0.6 is 0 Å². The van der Waals surface area contributed by atoms with Gasteiger partial charge in [-0.15, -0.1) is 0 Å². The van der Waals surface area contributed by atoms with Crippen molar-refractivity contribution in [2.24, 2.45) is 11.7 Å². The Morgan fingerprint density at radius 2 is 2.00 bits per heavy atom. The lowest BCUT2D eigenvalue weighted by Crippen LogP contribution is -2.36. The van der Waals surface area contributed by atoms with E-state index in [-0.39, 0.29) is 0 Å². The third-order valence-electron chi connectivity index (χ3n) is 2.13. The minimum atomic E-state index is 0.395. The highest BCUT2D eigenvalue weighted by molar-refractivity contribution is 4.74. The first kappa shape index (κ1) is 7.03. The molecule has 0 spiro atoms. The molecule has 0 bridgehead atoms. The molecule has 0 aromatic rings. The number of hydrogen-bond acceptors (Lipinski definition) is 2. The van der Waals surface area contributed by atoms with Crippen LogP contribution in [0.1, 0.15) is 19.8 Å². The van der Waals surface area contributed by atoms with Crippen LogP contribution in [0.25, 0.3) is 0 Å². The molecule has 54 valence electrons. The van der Waals surface area contributed by atoms with Crippen molar-refractivity contribution in [3.05, 3.63) is 0 Å². The summed E-state index contributed by atoms with van der Waals surface area (Å²) < 4.78 is 0. The van der Waals surface area contributed by atoms with Crippen LogP contribution in [-0.4, -0.2) is 19.1 Å². The molecule has 0 saturated carbocycles. The topological polar surface area (TPSA) is 38.0 Å². The fraction of sp³-hybridized carbons (Fsp3) is 1.00. The van der Waals surface area contributed by atoms with Crippen molar-refractivity contribution < 1.29 is 0 Å². The molecule has 1 rings (SSSR count). The molecule has 1 aliphatic rings. The highest BCUT2D eigenvalue weighted by Crippen LogP contribution is 2.13. The van der Waals surface area contributed by atoms with Crippen molar-refractivity contribution in [2.75, 3.05) is 13.1 Å². The number of rotatable bonds is 1. The summed E-state index contributed by atoms with van der Waals surface area (Å²) in [7, 11) is 0. The van der Waals surface area contributed by atoms with Gasteiger partial charge in [-0.2, -0.15) is 0 Å². The van der Waals surface area contributed by atoms with Crippen molar-refractivity contribution in [1.29, 1.82) is 0 Å². The number of hydrogen-bond donors (Lipinski definition) is 2. The van der Waals surface area contributed by atoms with Gasteiger partial charge in [-0.05, 0) is 38.8 Å². The molecule has 1 atom stereocenters. The van der Waals surface area contributed by atoms with E-state index in [2.05, 4.69) is 12.2 Å². The van der Waals surface area contributed by atoms with Gasteiger partial charge < -0.3 is 11.1 Å². The van der Waals surface area contributed by atoms with Gasteiger partial charge in [0.1, 0.15) is 0 Å². The average Bonchev–Trinajstić information content (AvgIpc) is 1.90. The Bertz CT molecular complexity index is 75.0. The van der Waals surface area contributed by atoms with Gasteiger partial charge in [-0.1, -0.05) is 0 Å². The van der Waals surface area contributed by atoms with Gasteiger partial charge in [0.15, 0.2) is 0 Å². The highest BCUT2D eigenvalue weighted by atomic mass is 14.9. The van der Waals surface area contributed by atoms with Crippen LogP contribution in [0.5, 0.6) is 0 Å². The van der Waals surface area contributed by atoms with E-state index in [0.717, 1.165) is 19.0 Å². The van der Waals surface area contributed by atoms with E-state index < -0.39 is 0 Å². The standard InChI is InChI=1S/C7H16N2/c1-6(8)7-2-4-9-5-3-7/h6-7,9H,2-5,8H2,1H3/t6-/m0/s1. The summed E-state index contributed by atoms with van der Waals surface area (Å²) in [6.45, 7) is 4.42. The summed E-state index contributed by atoms with van der Waals surface area (Å²) in [6.07, 6.45) is 2.52. The quantitative estimate of drug-likeness (QED) is 0.534. The molecular formula is C7H16N2. The Morgan fingerprint density at radius 1 is 1.44 bits per heavy atom. The monoisotopic (exact) mass is 128 g/mol.